The molecular formula is C35H42ClN3O5. The van der Waals surface area contributed by atoms with Crippen LogP contribution >= 0.6 is 11.6 Å². The highest BCUT2D eigenvalue weighted by Crippen LogP contribution is 2.64. The van der Waals surface area contributed by atoms with E-state index in [0.717, 1.165) is 11.1 Å². The Morgan fingerprint density at radius 1 is 1.11 bits per heavy atom. The molecule has 5 rings (SSSR count). The number of carbonyl (C=O) groups is 3. The van der Waals surface area contributed by atoms with Gasteiger partial charge in [0.1, 0.15) is 11.6 Å². The maximum atomic E-state index is 14.9. The SMILES string of the molecule is C=CCN(Cc1ccccc1)C(=O)[C@H]1[C@H]2C(=O)N([C@@H](CC)CO)C(C(=O)N(CC=C)c3c(C)cccc3Cl)C23CC[C@]1(C)O3. The van der Waals surface area contributed by atoms with Crippen molar-refractivity contribution < 1.29 is 24.2 Å². The lowest BCUT2D eigenvalue weighted by molar-refractivity contribution is -0.152. The number of amides is 3. The van der Waals surface area contributed by atoms with E-state index in [1.54, 1.807) is 28.0 Å². The molecule has 9 heteroatoms. The number of aryl methyl sites for hydroxylation is 1. The van der Waals surface area contributed by atoms with Gasteiger partial charge in [-0.15, -0.1) is 13.2 Å². The molecule has 6 atom stereocenters. The van der Waals surface area contributed by atoms with Crippen LogP contribution in [0.3, 0.4) is 0 Å². The van der Waals surface area contributed by atoms with E-state index in [1.165, 1.54) is 4.90 Å². The number of hydrogen-bond acceptors (Lipinski definition) is 5. The number of aliphatic hydroxyl groups excluding tert-OH is 1. The molecule has 1 N–H and O–H groups in total. The van der Waals surface area contributed by atoms with Crippen LogP contribution in [0.2, 0.25) is 5.02 Å². The minimum atomic E-state index is -1.24. The summed E-state index contributed by atoms with van der Waals surface area (Å²) >= 11 is 6.66. The van der Waals surface area contributed by atoms with Crippen LogP contribution in [0.15, 0.2) is 73.8 Å². The van der Waals surface area contributed by atoms with Crippen molar-refractivity contribution in [2.45, 2.75) is 69.9 Å². The number of halogens is 1. The molecule has 8 nitrogen and oxygen atoms in total. The van der Waals surface area contributed by atoms with Crippen LogP contribution in [-0.2, 0) is 25.7 Å². The first-order chi connectivity index (χ1) is 21.1. The lowest BCUT2D eigenvalue weighted by Gasteiger charge is -2.39. The van der Waals surface area contributed by atoms with Gasteiger partial charge in [0, 0.05) is 19.6 Å². The summed E-state index contributed by atoms with van der Waals surface area (Å²) in [4.78, 5) is 48.8. The predicted molar refractivity (Wildman–Crippen MR) is 171 cm³/mol. The van der Waals surface area contributed by atoms with E-state index < -0.39 is 35.1 Å². The largest absolute Gasteiger partial charge is 0.394 e. The van der Waals surface area contributed by atoms with Crippen LogP contribution in [0.4, 0.5) is 5.69 Å². The van der Waals surface area contributed by atoms with Crippen LogP contribution in [-0.4, -0.2) is 75.6 Å². The van der Waals surface area contributed by atoms with Crippen LogP contribution in [0.25, 0.3) is 0 Å². The molecule has 2 aromatic carbocycles. The number of anilines is 1. The van der Waals surface area contributed by atoms with Gasteiger partial charge in [-0.1, -0.05) is 73.1 Å². The maximum absolute atomic E-state index is 14.9. The molecular weight excluding hydrogens is 578 g/mol. The standard InChI is InChI=1S/C35H42ClN3O5/c1-6-19-37(21-24-14-10-9-11-15-24)31(41)27-28-32(42)39(25(8-3)22-40)30(35(28)18-17-34(27,5)44-35)33(43)38(20-7-2)29-23(4)13-12-16-26(29)36/h6-7,9-16,25,27-28,30,40H,1-2,8,17-22H2,3-5H3/t25-,27+,28-,30?,34-,35?/m0/s1. The Hall–Kier alpha value is -3.46. The monoisotopic (exact) mass is 619 g/mol. The highest BCUT2D eigenvalue weighted by Gasteiger charge is 2.78. The van der Waals surface area contributed by atoms with Crippen molar-refractivity contribution in [2.75, 3.05) is 24.6 Å². The van der Waals surface area contributed by atoms with E-state index in [1.807, 2.05) is 63.2 Å². The quantitative estimate of drug-likeness (QED) is 0.341. The van der Waals surface area contributed by atoms with Gasteiger partial charge in [-0.05, 0) is 50.3 Å². The molecule has 2 unspecified atom stereocenters. The summed E-state index contributed by atoms with van der Waals surface area (Å²) in [6.07, 6.45) is 4.67. The first kappa shape index (κ1) is 31.9. The second-order valence-corrected chi connectivity index (χ2v) is 12.8. The van der Waals surface area contributed by atoms with Crippen molar-refractivity contribution in [2.24, 2.45) is 11.8 Å². The lowest BCUT2D eigenvalue weighted by atomic mass is 9.66. The predicted octanol–water partition coefficient (Wildman–Crippen LogP) is 4.92. The van der Waals surface area contributed by atoms with Gasteiger partial charge in [-0.2, -0.15) is 0 Å². The third-order valence-corrected chi connectivity index (χ3v) is 10.0. The maximum Gasteiger partial charge on any atom is 0.253 e. The Morgan fingerprint density at radius 3 is 2.43 bits per heavy atom. The minimum Gasteiger partial charge on any atom is -0.394 e. The number of rotatable bonds is 12. The van der Waals surface area contributed by atoms with Crippen molar-refractivity contribution >= 4 is 35.0 Å². The first-order valence-electron chi connectivity index (χ1n) is 15.3. The number of nitrogens with zero attached hydrogens (tertiary/aromatic N) is 3. The molecule has 3 heterocycles. The molecule has 3 aliphatic rings. The van der Waals surface area contributed by atoms with Crippen LogP contribution in [0.1, 0.15) is 44.2 Å². The molecule has 0 aliphatic carbocycles. The number of fused-ring (bicyclic) bond motifs is 1. The second-order valence-electron chi connectivity index (χ2n) is 12.4. The van der Waals surface area contributed by atoms with Crippen LogP contribution < -0.4 is 4.90 Å². The van der Waals surface area contributed by atoms with Gasteiger partial charge >= 0.3 is 0 Å². The Bertz CT molecular complexity index is 1420. The molecule has 44 heavy (non-hydrogen) atoms. The fourth-order valence-corrected chi connectivity index (χ4v) is 8.07. The zero-order chi connectivity index (χ0) is 31.8. The van der Waals surface area contributed by atoms with E-state index in [9.17, 15) is 19.5 Å². The highest BCUT2D eigenvalue weighted by molar-refractivity contribution is 6.34. The van der Waals surface area contributed by atoms with Gasteiger partial charge in [0.25, 0.3) is 5.91 Å². The number of carbonyl (C=O) groups excluding carboxylic acids is 3. The average Bonchev–Trinajstić information content (AvgIpc) is 3.58. The fraction of sp³-hybridized carbons (Fsp3) is 0.457. The summed E-state index contributed by atoms with van der Waals surface area (Å²) in [5.74, 6) is -2.60. The van der Waals surface area contributed by atoms with E-state index in [2.05, 4.69) is 13.2 Å². The summed E-state index contributed by atoms with van der Waals surface area (Å²) in [6.45, 7) is 13.9. The van der Waals surface area contributed by atoms with E-state index >= 15 is 0 Å². The Kier molecular flexibility index (Phi) is 9.08. The molecule has 234 valence electrons. The molecule has 3 saturated heterocycles. The molecule has 2 bridgehead atoms. The zero-order valence-electron chi connectivity index (χ0n) is 25.7. The van der Waals surface area contributed by atoms with Crippen molar-refractivity contribution in [3.8, 4) is 0 Å². The Morgan fingerprint density at radius 2 is 1.82 bits per heavy atom. The number of benzene rings is 2. The Balaban J connectivity index is 1.61. The number of ether oxygens (including phenoxy) is 1. The van der Waals surface area contributed by atoms with Gasteiger partial charge in [0.15, 0.2) is 0 Å². The molecule has 3 amide bonds. The second kappa shape index (κ2) is 12.5. The summed E-state index contributed by atoms with van der Waals surface area (Å²) < 4.78 is 6.86. The average molecular weight is 620 g/mol. The molecule has 0 radical (unpaired) electrons. The van der Waals surface area contributed by atoms with Gasteiger partial charge < -0.3 is 24.5 Å². The van der Waals surface area contributed by atoms with Crippen molar-refractivity contribution in [1.29, 1.82) is 0 Å². The van der Waals surface area contributed by atoms with Gasteiger partial charge in [0.05, 0.1) is 40.8 Å². The third kappa shape index (κ3) is 5.07. The molecule has 1 spiro atoms. The summed E-state index contributed by atoms with van der Waals surface area (Å²) in [5, 5.41) is 10.8. The molecule has 0 aromatic heterocycles. The number of hydrogen-bond donors (Lipinski definition) is 1. The van der Waals surface area contributed by atoms with Crippen LogP contribution in [0.5, 0.6) is 0 Å². The van der Waals surface area contributed by atoms with Crippen molar-refractivity contribution in [3.63, 3.8) is 0 Å². The molecule has 3 aliphatic heterocycles. The zero-order valence-corrected chi connectivity index (χ0v) is 26.5. The molecule has 3 fully saturated rings. The topological polar surface area (TPSA) is 90.4 Å². The van der Waals surface area contributed by atoms with E-state index in [0.29, 0.717) is 43.1 Å². The fourth-order valence-electron chi connectivity index (χ4n) is 7.75. The summed E-state index contributed by atoms with van der Waals surface area (Å²) in [7, 11) is 0. The third-order valence-electron chi connectivity index (χ3n) is 9.70. The van der Waals surface area contributed by atoms with Crippen molar-refractivity contribution in [1.82, 2.24) is 9.80 Å². The van der Waals surface area contributed by atoms with Gasteiger partial charge in [-0.3, -0.25) is 14.4 Å². The van der Waals surface area contributed by atoms with Gasteiger partial charge in [-0.25, -0.2) is 0 Å². The van der Waals surface area contributed by atoms with E-state index in [-0.39, 0.29) is 30.9 Å². The number of aliphatic hydroxyl groups is 1. The molecule has 2 aromatic rings. The normalized spacial score (nSPS) is 27.6. The highest BCUT2D eigenvalue weighted by atomic mass is 35.5. The number of para-hydroxylation sites is 1. The van der Waals surface area contributed by atoms with E-state index in [4.69, 9.17) is 16.3 Å². The number of likely N-dealkylation sites (tertiary alicyclic amines) is 1. The smallest absolute Gasteiger partial charge is 0.253 e. The Labute approximate surface area is 264 Å². The lowest BCUT2D eigenvalue weighted by Crippen LogP contribution is -2.59. The van der Waals surface area contributed by atoms with Crippen molar-refractivity contribution in [3.05, 3.63) is 90.0 Å². The summed E-state index contributed by atoms with van der Waals surface area (Å²) in [6, 6.07) is 13.4. The molecule has 0 saturated carbocycles. The minimum absolute atomic E-state index is 0.155. The first-order valence-corrected chi connectivity index (χ1v) is 15.7. The van der Waals surface area contributed by atoms with Gasteiger partial charge in [0.2, 0.25) is 11.8 Å². The van der Waals surface area contributed by atoms with Crippen LogP contribution in [0, 0.1) is 18.8 Å². The summed E-state index contributed by atoms with van der Waals surface area (Å²) in [5.41, 5.74) is 0.107.